The molecular weight excluding hydrogens is 212 g/mol. The molecule has 17 heavy (non-hydrogen) atoms. The lowest BCUT2D eigenvalue weighted by molar-refractivity contribution is 0.0407. The van der Waals surface area contributed by atoms with Crippen molar-refractivity contribution in [2.45, 2.75) is 70.1 Å². The summed E-state index contributed by atoms with van der Waals surface area (Å²) in [5, 5.41) is 3.75. The lowest BCUT2D eigenvalue weighted by Crippen LogP contribution is -2.56. The number of piperidine rings is 2. The highest BCUT2D eigenvalue weighted by Gasteiger charge is 2.35. The van der Waals surface area contributed by atoms with Crippen LogP contribution in [0.1, 0.15) is 46.0 Å². The largest absolute Gasteiger partial charge is 0.380 e. The minimum absolute atomic E-state index is 0.490. The van der Waals surface area contributed by atoms with E-state index in [1.165, 1.54) is 32.1 Å². The molecule has 0 amide bonds. The summed E-state index contributed by atoms with van der Waals surface area (Å²) in [6.45, 7) is 5.97. The van der Waals surface area contributed by atoms with E-state index in [1.807, 2.05) is 0 Å². The van der Waals surface area contributed by atoms with Crippen LogP contribution < -0.4 is 5.32 Å². The number of ether oxygens (including phenoxy) is 1. The van der Waals surface area contributed by atoms with Gasteiger partial charge in [-0.3, -0.25) is 0 Å². The van der Waals surface area contributed by atoms with Gasteiger partial charge in [-0.25, -0.2) is 0 Å². The van der Waals surface area contributed by atoms with Crippen LogP contribution in [0.4, 0.5) is 0 Å². The van der Waals surface area contributed by atoms with E-state index < -0.39 is 0 Å². The number of hydrogen-bond donors (Lipinski definition) is 1. The monoisotopic (exact) mass is 240 g/mol. The van der Waals surface area contributed by atoms with Crippen LogP contribution >= 0.6 is 0 Å². The van der Waals surface area contributed by atoms with Crippen LogP contribution in [-0.2, 0) is 4.74 Å². The standard InChI is InChI=1S/C14H28N2O/c1-4-17-10-11(2)15-12-8-13-6-5-7-14(9-12)16(13)3/h11-15H,4-10H2,1-3H3. The van der Waals surface area contributed by atoms with Crippen LogP contribution in [0.5, 0.6) is 0 Å². The zero-order chi connectivity index (χ0) is 12.3. The van der Waals surface area contributed by atoms with E-state index in [-0.39, 0.29) is 0 Å². The summed E-state index contributed by atoms with van der Waals surface area (Å²) in [5.41, 5.74) is 0. The van der Waals surface area contributed by atoms with E-state index in [1.54, 1.807) is 0 Å². The maximum absolute atomic E-state index is 5.48. The second kappa shape index (κ2) is 6.17. The number of hydrogen-bond acceptors (Lipinski definition) is 3. The predicted molar refractivity (Wildman–Crippen MR) is 71.3 cm³/mol. The summed E-state index contributed by atoms with van der Waals surface area (Å²) in [7, 11) is 2.31. The third-order valence-electron chi connectivity index (χ3n) is 4.43. The lowest BCUT2D eigenvalue weighted by atomic mass is 9.82. The van der Waals surface area contributed by atoms with E-state index in [9.17, 15) is 0 Å². The van der Waals surface area contributed by atoms with Crippen molar-refractivity contribution in [1.82, 2.24) is 10.2 Å². The molecule has 0 aromatic heterocycles. The van der Waals surface area contributed by atoms with Crippen molar-refractivity contribution in [2.24, 2.45) is 0 Å². The highest BCUT2D eigenvalue weighted by atomic mass is 16.5. The molecule has 3 atom stereocenters. The van der Waals surface area contributed by atoms with Crippen molar-refractivity contribution in [3.63, 3.8) is 0 Å². The molecule has 1 N–H and O–H groups in total. The molecule has 0 saturated carbocycles. The van der Waals surface area contributed by atoms with E-state index in [0.29, 0.717) is 12.1 Å². The number of nitrogens with zero attached hydrogens (tertiary/aromatic N) is 1. The second-order valence-corrected chi connectivity index (χ2v) is 5.80. The molecule has 2 aliphatic rings. The summed E-state index contributed by atoms with van der Waals surface area (Å²) in [5.74, 6) is 0. The second-order valence-electron chi connectivity index (χ2n) is 5.80. The minimum Gasteiger partial charge on any atom is -0.380 e. The zero-order valence-corrected chi connectivity index (χ0v) is 11.6. The van der Waals surface area contributed by atoms with Gasteiger partial charge in [0.15, 0.2) is 0 Å². The molecule has 3 unspecified atom stereocenters. The van der Waals surface area contributed by atoms with Crippen LogP contribution in [0.25, 0.3) is 0 Å². The maximum atomic E-state index is 5.48. The average Bonchev–Trinajstić information content (AvgIpc) is 2.28. The Labute approximate surface area is 106 Å². The van der Waals surface area contributed by atoms with Gasteiger partial charge in [0.2, 0.25) is 0 Å². The SMILES string of the molecule is CCOCC(C)NC1CC2CCCC(C1)N2C. The van der Waals surface area contributed by atoms with Crippen LogP contribution in [0.15, 0.2) is 0 Å². The first-order chi connectivity index (χ1) is 8.20. The average molecular weight is 240 g/mol. The number of rotatable bonds is 5. The van der Waals surface area contributed by atoms with Crippen LogP contribution in [-0.4, -0.2) is 49.3 Å². The van der Waals surface area contributed by atoms with Crippen molar-refractivity contribution >= 4 is 0 Å². The summed E-state index contributed by atoms with van der Waals surface area (Å²) in [4.78, 5) is 2.62. The van der Waals surface area contributed by atoms with Crippen molar-refractivity contribution < 1.29 is 4.74 Å². The molecule has 2 rings (SSSR count). The minimum atomic E-state index is 0.490. The van der Waals surface area contributed by atoms with Crippen molar-refractivity contribution in [2.75, 3.05) is 20.3 Å². The Morgan fingerprint density at radius 2 is 1.94 bits per heavy atom. The van der Waals surface area contributed by atoms with E-state index >= 15 is 0 Å². The van der Waals surface area contributed by atoms with Crippen LogP contribution in [0, 0.1) is 0 Å². The van der Waals surface area contributed by atoms with Gasteiger partial charge < -0.3 is 15.0 Å². The fraction of sp³-hybridized carbons (Fsp3) is 1.00. The van der Waals surface area contributed by atoms with Gasteiger partial charge in [0.05, 0.1) is 6.61 Å². The first kappa shape index (κ1) is 13.3. The van der Waals surface area contributed by atoms with Gasteiger partial charge in [0, 0.05) is 30.8 Å². The molecule has 2 fully saturated rings. The molecule has 2 aliphatic heterocycles. The predicted octanol–water partition coefficient (Wildman–Crippen LogP) is 2.02. The van der Waals surface area contributed by atoms with Crippen molar-refractivity contribution in [3.05, 3.63) is 0 Å². The molecule has 0 spiro atoms. The fourth-order valence-corrected chi connectivity index (χ4v) is 3.50. The third kappa shape index (κ3) is 3.43. The molecule has 3 heteroatoms. The van der Waals surface area contributed by atoms with E-state index in [4.69, 9.17) is 4.74 Å². The summed E-state index contributed by atoms with van der Waals surface area (Å²) in [6, 6.07) is 2.83. The molecule has 2 bridgehead atoms. The van der Waals surface area contributed by atoms with Gasteiger partial charge >= 0.3 is 0 Å². The Bertz CT molecular complexity index is 220. The normalized spacial score (nSPS) is 35.8. The summed E-state index contributed by atoms with van der Waals surface area (Å²) in [6.07, 6.45) is 6.86. The molecule has 2 saturated heterocycles. The quantitative estimate of drug-likeness (QED) is 0.795. The van der Waals surface area contributed by atoms with Crippen LogP contribution in [0.3, 0.4) is 0 Å². The maximum Gasteiger partial charge on any atom is 0.0616 e. The van der Waals surface area contributed by atoms with Gasteiger partial charge in [-0.05, 0) is 46.6 Å². The van der Waals surface area contributed by atoms with Crippen molar-refractivity contribution in [1.29, 1.82) is 0 Å². The Balaban J connectivity index is 1.79. The van der Waals surface area contributed by atoms with Gasteiger partial charge in [-0.2, -0.15) is 0 Å². The summed E-state index contributed by atoms with van der Waals surface area (Å²) < 4.78 is 5.48. The molecule has 0 aliphatic carbocycles. The molecule has 2 heterocycles. The Morgan fingerprint density at radius 3 is 2.53 bits per heavy atom. The van der Waals surface area contributed by atoms with Gasteiger partial charge in [0.25, 0.3) is 0 Å². The summed E-state index contributed by atoms with van der Waals surface area (Å²) >= 11 is 0. The van der Waals surface area contributed by atoms with Gasteiger partial charge in [-0.1, -0.05) is 6.42 Å². The third-order valence-corrected chi connectivity index (χ3v) is 4.43. The van der Waals surface area contributed by atoms with Gasteiger partial charge in [0.1, 0.15) is 0 Å². The Kier molecular flexibility index (Phi) is 4.83. The zero-order valence-electron chi connectivity index (χ0n) is 11.6. The molecular formula is C14H28N2O. The topological polar surface area (TPSA) is 24.5 Å². The highest BCUT2D eigenvalue weighted by molar-refractivity contribution is 4.94. The smallest absolute Gasteiger partial charge is 0.0616 e. The van der Waals surface area contributed by atoms with Gasteiger partial charge in [-0.15, -0.1) is 0 Å². The lowest BCUT2D eigenvalue weighted by Gasteiger charge is -2.47. The molecule has 0 aromatic rings. The van der Waals surface area contributed by atoms with Crippen molar-refractivity contribution in [3.8, 4) is 0 Å². The first-order valence-corrected chi connectivity index (χ1v) is 7.26. The Morgan fingerprint density at radius 1 is 1.29 bits per heavy atom. The molecule has 3 nitrogen and oxygen atoms in total. The number of nitrogens with one attached hydrogen (secondary N) is 1. The van der Waals surface area contributed by atoms with E-state index in [2.05, 4.69) is 31.1 Å². The molecule has 100 valence electrons. The fourth-order valence-electron chi connectivity index (χ4n) is 3.50. The first-order valence-electron chi connectivity index (χ1n) is 7.26. The van der Waals surface area contributed by atoms with Crippen LogP contribution in [0.2, 0.25) is 0 Å². The van der Waals surface area contributed by atoms with E-state index in [0.717, 1.165) is 25.3 Å². The highest BCUT2D eigenvalue weighted by Crippen LogP contribution is 2.32. The molecule has 0 radical (unpaired) electrons. The molecule has 0 aromatic carbocycles. The Hall–Kier alpha value is -0.120. The number of fused-ring (bicyclic) bond motifs is 2.